The highest BCUT2D eigenvalue weighted by Gasteiger charge is 2.02. The molecule has 0 saturated heterocycles. The summed E-state index contributed by atoms with van der Waals surface area (Å²) < 4.78 is 23.5. The molecule has 0 spiro atoms. The lowest BCUT2D eigenvalue weighted by molar-refractivity contribution is 0.0443. The number of hydrogen-bond acceptors (Lipinski definition) is 2. The minimum Gasteiger partial charge on any atom is -0.379 e. The lowest BCUT2D eigenvalue weighted by atomic mass is 10.2. The molecule has 84 valence electrons. The fourth-order valence-electron chi connectivity index (χ4n) is 1.08. The van der Waals surface area contributed by atoms with Crippen LogP contribution in [-0.2, 0) is 16.1 Å². The molecule has 15 heavy (non-hydrogen) atoms. The van der Waals surface area contributed by atoms with E-state index in [2.05, 4.69) is 0 Å². The van der Waals surface area contributed by atoms with E-state index in [1.54, 1.807) is 12.1 Å². The highest BCUT2D eigenvalue weighted by Crippen LogP contribution is 2.15. The predicted octanol–water partition coefficient (Wildman–Crippen LogP) is 3.03. The molecule has 0 fully saturated rings. The van der Waals surface area contributed by atoms with Gasteiger partial charge in [-0.3, -0.25) is 0 Å². The van der Waals surface area contributed by atoms with Gasteiger partial charge in [-0.05, 0) is 19.1 Å². The summed E-state index contributed by atoms with van der Waals surface area (Å²) in [6, 6.07) is 4.55. The maximum Gasteiger partial charge on any atom is 0.130 e. The number of rotatable bonds is 6. The van der Waals surface area contributed by atoms with Gasteiger partial charge in [0.1, 0.15) is 5.82 Å². The molecular formula is C11H14ClFO2. The minimum atomic E-state index is -0.334. The quantitative estimate of drug-likeness (QED) is 0.702. The van der Waals surface area contributed by atoms with E-state index >= 15 is 0 Å². The minimum absolute atomic E-state index is 0.246. The van der Waals surface area contributed by atoms with E-state index in [9.17, 15) is 4.39 Å². The highest BCUT2D eigenvalue weighted by atomic mass is 35.5. The Morgan fingerprint density at radius 1 is 1.27 bits per heavy atom. The lowest BCUT2D eigenvalue weighted by Crippen LogP contribution is -2.04. The summed E-state index contributed by atoms with van der Waals surface area (Å²) in [6.45, 7) is 3.83. The van der Waals surface area contributed by atoms with E-state index in [0.717, 1.165) is 0 Å². The Morgan fingerprint density at radius 3 is 2.67 bits per heavy atom. The third kappa shape index (κ3) is 4.60. The predicted molar refractivity (Wildman–Crippen MR) is 57.6 cm³/mol. The SMILES string of the molecule is CCOCCOCc1ccc(Cl)cc1F. The van der Waals surface area contributed by atoms with Crippen molar-refractivity contribution < 1.29 is 13.9 Å². The first-order valence-corrected chi connectivity index (χ1v) is 5.21. The topological polar surface area (TPSA) is 18.5 Å². The van der Waals surface area contributed by atoms with Gasteiger partial charge in [0.25, 0.3) is 0 Å². The van der Waals surface area contributed by atoms with Crippen molar-refractivity contribution in [3.8, 4) is 0 Å². The summed E-state index contributed by atoms with van der Waals surface area (Å²) >= 11 is 5.62. The van der Waals surface area contributed by atoms with Gasteiger partial charge in [0.15, 0.2) is 0 Å². The molecule has 0 atom stereocenters. The van der Waals surface area contributed by atoms with Gasteiger partial charge >= 0.3 is 0 Å². The Morgan fingerprint density at radius 2 is 2.00 bits per heavy atom. The van der Waals surface area contributed by atoms with Crippen molar-refractivity contribution in [1.82, 2.24) is 0 Å². The first-order valence-electron chi connectivity index (χ1n) is 4.83. The van der Waals surface area contributed by atoms with Crippen molar-refractivity contribution in [1.29, 1.82) is 0 Å². The van der Waals surface area contributed by atoms with Crippen molar-refractivity contribution >= 4 is 11.6 Å². The van der Waals surface area contributed by atoms with Crippen molar-refractivity contribution in [2.75, 3.05) is 19.8 Å². The van der Waals surface area contributed by atoms with Gasteiger partial charge in [-0.1, -0.05) is 17.7 Å². The van der Waals surface area contributed by atoms with Gasteiger partial charge in [0.2, 0.25) is 0 Å². The highest BCUT2D eigenvalue weighted by molar-refractivity contribution is 6.30. The van der Waals surface area contributed by atoms with E-state index in [-0.39, 0.29) is 12.4 Å². The Bertz CT molecular complexity index is 305. The van der Waals surface area contributed by atoms with Gasteiger partial charge in [-0.2, -0.15) is 0 Å². The molecule has 1 aromatic rings. The van der Waals surface area contributed by atoms with E-state index < -0.39 is 0 Å². The van der Waals surface area contributed by atoms with Crippen LogP contribution in [0, 0.1) is 5.82 Å². The molecule has 0 aliphatic heterocycles. The molecule has 0 radical (unpaired) electrons. The first-order chi connectivity index (χ1) is 7.24. The van der Waals surface area contributed by atoms with Crippen LogP contribution in [0.15, 0.2) is 18.2 Å². The second kappa shape index (κ2) is 6.77. The molecule has 0 saturated carbocycles. The lowest BCUT2D eigenvalue weighted by Gasteiger charge is -2.05. The maximum absolute atomic E-state index is 13.2. The van der Waals surface area contributed by atoms with Crippen LogP contribution in [0.4, 0.5) is 4.39 Å². The van der Waals surface area contributed by atoms with Gasteiger partial charge in [0, 0.05) is 17.2 Å². The zero-order valence-electron chi connectivity index (χ0n) is 8.63. The van der Waals surface area contributed by atoms with Crippen LogP contribution in [-0.4, -0.2) is 19.8 Å². The number of hydrogen-bond donors (Lipinski definition) is 0. The van der Waals surface area contributed by atoms with Crippen LogP contribution >= 0.6 is 11.6 Å². The number of halogens is 2. The second-order valence-corrected chi connectivity index (χ2v) is 3.42. The fourth-order valence-corrected chi connectivity index (χ4v) is 1.24. The number of ether oxygens (including phenoxy) is 2. The van der Waals surface area contributed by atoms with Gasteiger partial charge in [-0.15, -0.1) is 0 Å². The monoisotopic (exact) mass is 232 g/mol. The Balaban J connectivity index is 2.31. The average Bonchev–Trinajstić information content (AvgIpc) is 2.20. The zero-order valence-corrected chi connectivity index (χ0v) is 9.39. The molecule has 0 heterocycles. The average molecular weight is 233 g/mol. The van der Waals surface area contributed by atoms with Crippen molar-refractivity contribution in [2.45, 2.75) is 13.5 Å². The van der Waals surface area contributed by atoms with Gasteiger partial charge < -0.3 is 9.47 Å². The number of benzene rings is 1. The molecule has 4 heteroatoms. The molecular weight excluding hydrogens is 219 g/mol. The molecule has 0 aromatic heterocycles. The summed E-state index contributed by atoms with van der Waals surface area (Å²) in [6.07, 6.45) is 0. The Kier molecular flexibility index (Phi) is 5.61. The molecule has 1 rings (SSSR count). The summed E-state index contributed by atoms with van der Waals surface area (Å²) in [5.41, 5.74) is 0.510. The van der Waals surface area contributed by atoms with Crippen LogP contribution < -0.4 is 0 Å². The van der Waals surface area contributed by atoms with Crippen LogP contribution in [0.1, 0.15) is 12.5 Å². The first kappa shape index (κ1) is 12.4. The largest absolute Gasteiger partial charge is 0.379 e. The third-order valence-electron chi connectivity index (χ3n) is 1.85. The molecule has 0 unspecified atom stereocenters. The fraction of sp³-hybridized carbons (Fsp3) is 0.455. The molecule has 0 aliphatic rings. The smallest absolute Gasteiger partial charge is 0.130 e. The summed E-state index contributed by atoms with van der Waals surface area (Å²) in [5, 5.41) is 0.394. The van der Waals surface area contributed by atoms with E-state index in [1.807, 2.05) is 6.92 Å². The molecule has 2 nitrogen and oxygen atoms in total. The van der Waals surface area contributed by atoms with Crippen LogP contribution in [0.25, 0.3) is 0 Å². The Labute approximate surface area is 94.0 Å². The van der Waals surface area contributed by atoms with Crippen LogP contribution in [0.5, 0.6) is 0 Å². The van der Waals surface area contributed by atoms with E-state index in [4.69, 9.17) is 21.1 Å². The summed E-state index contributed by atoms with van der Waals surface area (Å²) in [5.74, 6) is -0.334. The molecule has 0 amide bonds. The van der Waals surface area contributed by atoms with Crippen molar-refractivity contribution in [3.63, 3.8) is 0 Å². The van der Waals surface area contributed by atoms with Crippen molar-refractivity contribution in [3.05, 3.63) is 34.6 Å². The van der Waals surface area contributed by atoms with Crippen LogP contribution in [0.3, 0.4) is 0 Å². The molecule has 1 aromatic carbocycles. The van der Waals surface area contributed by atoms with E-state index in [0.29, 0.717) is 30.4 Å². The van der Waals surface area contributed by atoms with E-state index in [1.165, 1.54) is 6.07 Å². The molecule has 0 bridgehead atoms. The van der Waals surface area contributed by atoms with Crippen molar-refractivity contribution in [2.24, 2.45) is 0 Å². The molecule has 0 N–H and O–H groups in total. The second-order valence-electron chi connectivity index (χ2n) is 2.99. The van der Waals surface area contributed by atoms with Gasteiger partial charge in [-0.25, -0.2) is 4.39 Å². The Hall–Kier alpha value is -0.640. The third-order valence-corrected chi connectivity index (χ3v) is 2.08. The standard InChI is InChI=1S/C11H14ClFO2/c1-2-14-5-6-15-8-9-3-4-10(12)7-11(9)13/h3-4,7H,2,5-6,8H2,1H3. The zero-order chi connectivity index (χ0) is 11.1. The summed E-state index contributed by atoms with van der Waals surface area (Å²) in [4.78, 5) is 0. The normalized spacial score (nSPS) is 10.6. The maximum atomic E-state index is 13.2. The van der Waals surface area contributed by atoms with Crippen LogP contribution in [0.2, 0.25) is 5.02 Å². The summed E-state index contributed by atoms with van der Waals surface area (Å²) in [7, 11) is 0. The van der Waals surface area contributed by atoms with Gasteiger partial charge in [0.05, 0.1) is 19.8 Å². The molecule has 0 aliphatic carbocycles.